The minimum atomic E-state index is -0.255. The van der Waals surface area contributed by atoms with Gasteiger partial charge in [-0.2, -0.15) is 5.21 Å². The van der Waals surface area contributed by atoms with Gasteiger partial charge in [0.1, 0.15) is 0 Å². The number of carbonyl (C=O) groups is 1. The highest BCUT2D eigenvalue weighted by atomic mass is 16.1. The summed E-state index contributed by atoms with van der Waals surface area (Å²) >= 11 is 0. The van der Waals surface area contributed by atoms with E-state index in [1.54, 1.807) is 6.07 Å². The fourth-order valence-electron chi connectivity index (χ4n) is 1.83. The number of H-pyrrole nitrogens is 1. The molecule has 112 valence electrons. The highest BCUT2D eigenvalue weighted by Crippen LogP contribution is 2.21. The molecule has 0 fully saturated rings. The van der Waals surface area contributed by atoms with Gasteiger partial charge in [-0.3, -0.25) is 10.1 Å². The van der Waals surface area contributed by atoms with E-state index < -0.39 is 0 Å². The van der Waals surface area contributed by atoms with Gasteiger partial charge in [-0.05, 0) is 42.7 Å². The first-order valence-electron chi connectivity index (χ1n) is 6.90. The van der Waals surface area contributed by atoms with Gasteiger partial charge in [0.05, 0.1) is 0 Å². The zero-order valence-corrected chi connectivity index (χ0v) is 12.6. The molecule has 0 unspecified atom stereocenters. The van der Waals surface area contributed by atoms with Gasteiger partial charge >= 0.3 is 0 Å². The summed E-state index contributed by atoms with van der Waals surface area (Å²) in [6.45, 7) is 8.34. The molecule has 0 saturated carbocycles. The van der Waals surface area contributed by atoms with Crippen LogP contribution in [0.1, 0.15) is 36.7 Å². The average Bonchev–Trinajstić information content (AvgIpc) is 2.93. The molecule has 1 heterocycles. The molecule has 0 spiro atoms. The maximum absolute atomic E-state index is 12.2. The average molecular weight is 288 g/mol. The quantitative estimate of drug-likeness (QED) is 0.784. The lowest BCUT2D eigenvalue weighted by atomic mass is 10.0. The van der Waals surface area contributed by atoms with E-state index in [1.165, 1.54) is 0 Å². The van der Waals surface area contributed by atoms with Crippen LogP contribution in [0.3, 0.4) is 0 Å². The SMILES string of the molecule is Cc1c(N[C@@H](C)C(C)C)cccc1C(=O)Nc1nn[nH]n1. The summed E-state index contributed by atoms with van der Waals surface area (Å²) in [6, 6.07) is 5.92. The Morgan fingerprint density at radius 1 is 1.29 bits per heavy atom. The Bertz CT molecular complexity index is 608. The fourth-order valence-corrected chi connectivity index (χ4v) is 1.83. The van der Waals surface area contributed by atoms with E-state index in [9.17, 15) is 4.79 Å². The lowest BCUT2D eigenvalue weighted by Gasteiger charge is -2.21. The molecule has 0 radical (unpaired) electrons. The molecule has 0 aliphatic rings. The molecule has 1 aromatic carbocycles. The molecular weight excluding hydrogens is 268 g/mol. The molecule has 7 heteroatoms. The number of anilines is 2. The Balaban J connectivity index is 2.19. The lowest BCUT2D eigenvalue weighted by molar-refractivity contribution is 0.102. The summed E-state index contributed by atoms with van der Waals surface area (Å²) < 4.78 is 0. The summed E-state index contributed by atoms with van der Waals surface area (Å²) in [5.41, 5.74) is 2.43. The molecule has 3 N–H and O–H groups in total. The summed E-state index contributed by atoms with van der Waals surface area (Å²) in [5.74, 6) is 0.407. The van der Waals surface area contributed by atoms with Crippen molar-refractivity contribution >= 4 is 17.5 Å². The summed E-state index contributed by atoms with van der Waals surface area (Å²) in [7, 11) is 0. The minimum Gasteiger partial charge on any atom is -0.382 e. The van der Waals surface area contributed by atoms with Crippen molar-refractivity contribution < 1.29 is 4.79 Å². The molecular formula is C14H20N6O. The first-order valence-corrected chi connectivity index (χ1v) is 6.90. The van der Waals surface area contributed by atoms with Gasteiger partial charge in [-0.1, -0.05) is 25.0 Å². The van der Waals surface area contributed by atoms with E-state index in [2.05, 4.69) is 52.0 Å². The van der Waals surface area contributed by atoms with E-state index in [4.69, 9.17) is 0 Å². The Hall–Kier alpha value is -2.44. The third-order valence-electron chi connectivity index (χ3n) is 3.53. The van der Waals surface area contributed by atoms with Crippen molar-refractivity contribution in [2.75, 3.05) is 10.6 Å². The van der Waals surface area contributed by atoms with Crippen LogP contribution < -0.4 is 10.6 Å². The largest absolute Gasteiger partial charge is 0.382 e. The van der Waals surface area contributed by atoms with Crippen LogP contribution in [0.25, 0.3) is 0 Å². The van der Waals surface area contributed by atoms with Gasteiger partial charge in [-0.15, -0.1) is 5.10 Å². The predicted molar refractivity (Wildman–Crippen MR) is 81.2 cm³/mol. The maximum atomic E-state index is 12.2. The highest BCUT2D eigenvalue weighted by Gasteiger charge is 2.15. The van der Waals surface area contributed by atoms with Gasteiger partial charge in [0.2, 0.25) is 0 Å². The van der Waals surface area contributed by atoms with Crippen molar-refractivity contribution in [2.45, 2.75) is 33.7 Å². The van der Waals surface area contributed by atoms with E-state index >= 15 is 0 Å². The van der Waals surface area contributed by atoms with Crippen LogP contribution in [0, 0.1) is 12.8 Å². The minimum absolute atomic E-state index is 0.160. The van der Waals surface area contributed by atoms with Crippen molar-refractivity contribution in [1.29, 1.82) is 0 Å². The van der Waals surface area contributed by atoms with Crippen LogP contribution in [-0.4, -0.2) is 32.6 Å². The van der Waals surface area contributed by atoms with Crippen molar-refractivity contribution in [2.24, 2.45) is 5.92 Å². The molecule has 0 aliphatic carbocycles. The normalized spacial score (nSPS) is 12.2. The molecule has 2 rings (SSSR count). The number of nitrogens with zero attached hydrogens (tertiary/aromatic N) is 3. The Labute approximate surface area is 123 Å². The van der Waals surface area contributed by atoms with Crippen LogP contribution >= 0.6 is 0 Å². The van der Waals surface area contributed by atoms with Crippen LogP contribution in [0.5, 0.6) is 0 Å². The third-order valence-corrected chi connectivity index (χ3v) is 3.53. The number of aromatic amines is 1. The number of nitrogens with one attached hydrogen (secondary N) is 3. The number of hydrogen-bond acceptors (Lipinski definition) is 5. The van der Waals surface area contributed by atoms with Gasteiger partial charge in [-0.25, -0.2) is 0 Å². The number of tetrazole rings is 1. The van der Waals surface area contributed by atoms with E-state index in [0.29, 0.717) is 17.5 Å². The number of aromatic nitrogens is 4. The van der Waals surface area contributed by atoms with Gasteiger partial charge in [0, 0.05) is 17.3 Å². The van der Waals surface area contributed by atoms with Crippen LogP contribution in [0.15, 0.2) is 18.2 Å². The molecule has 1 aromatic heterocycles. The molecule has 0 bridgehead atoms. The zero-order chi connectivity index (χ0) is 15.4. The monoisotopic (exact) mass is 288 g/mol. The standard InChI is InChI=1S/C14H20N6O/c1-8(2)10(4)15-12-7-5-6-11(9(12)3)13(21)16-14-17-19-20-18-14/h5-8,10,15H,1-4H3,(H2,16,17,18,19,20,21)/t10-/m0/s1. The summed E-state index contributed by atoms with van der Waals surface area (Å²) in [5, 5.41) is 19.2. The topological polar surface area (TPSA) is 95.6 Å². The number of benzene rings is 1. The third kappa shape index (κ3) is 3.56. The van der Waals surface area contributed by atoms with Crippen LogP contribution in [0.4, 0.5) is 11.6 Å². The molecule has 0 aliphatic heterocycles. The molecule has 21 heavy (non-hydrogen) atoms. The zero-order valence-electron chi connectivity index (χ0n) is 12.6. The molecule has 1 atom stereocenters. The number of carbonyl (C=O) groups excluding carboxylic acids is 1. The first kappa shape index (κ1) is 15.0. The smallest absolute Gasteiger partial charge is 0.270 e. The second-order valence-corrected chi connectivity index (χ2v) is 5.34. The number of rotatable bonds is 5. The predicted octanol–water partition coefficient (Wildman–Crippen LogP) is 2.22. The molecule has 0 saturated heterocycles. The first-order chi connectivity index (χ1) is 9.99. The molecule has 1 amide bonds. The van der Waals surface area contributed by atoms with E-state index in [0.717, 1.165) is 11.3 Å². The van der Waals surface area contributed by atoms with Gasteiger partial charge in [0.15, 0.2) is 0 Å². The van der Waals surface area contributed by atoms with Gasteiger partial charge in [0.25, 0.3) is 11.9 Å². The second-order valence-electron chi connectivity index (χ2n) is 5.34. The van der Waals surface area contributed by atoms with Crippen molar-refractivity contribution in [3.8, 4) is 0 Å². The van der Waals surface area contributed by atoms with E-state index in [-0.39, 0.29) is 11.9 Å². The van der Waals surface area contributed by atoms with E-state index in [1.807, 2.05) is 19.1 Å². The van der Waals surface area contributed by atoms with Gasteiger partial charge < -0.3 is 5.32 Å². The molecule has 7 nitrogen and oxygen atoms in total. The highest BCUT2D eigenvalue weighted by molar-refractivity contribution is 6.05. The van der Waals surface area contributed by atoms with Crippen molar-refractivity contribution in [1.82, 2.24) is 20.6 Å². The second kappa shape index (κ2) is 6.34. The van der Waals surface area contributed by atoms with Crippen LogP contribution in [0.2, 0.25) is 0 Å². The maximum Gasteiger partial charge on any atom is 0.270 e. The lowest BCUT2D eigenvalue weighted by Crippen LogP contribution is -2.23. The Morgan fingerprint density at radius 3 is 2.67 bits per heavy atom. The van der Waals surface area contributed by atoms with Crippen LogP contribution in [-0.2, 0) is 0 Å². The molecule has 2 aromatic rings. The summed E-state index contributed by atoms with van der Waals surface area (Å²) in [6.07, 6.45) is 0. The van der Waals surface area contributed by atoms with Crippen molar-refractivity contribution in [3.05, 3.63) is 29.3 Å². The fraction of sp³-hybridized carbons (Fsp3) is 0.429. The van der Waals surface area contributed by atoms with Crippen molar-refractivity contribution in [3.63, 3.8) is 0 Å². The number of amides is 1. The Morgan fingerprint density at radius 2 is 2.05 bits per heavy atom. The number of hydrogen-bond donors (Lipinski definition) is 3. The summed E-state index contributed by atoms with van der Waals surface area (Å²) in [4.78, 5) is 12.2. The Kier molecular flexibility index (Phi) is 4.52.